The zero-order valence-corrected chi connectivity index (χ0v) is 21.4. The van der Waals surface area contributed by atoms with Crippen molar-refractivity contribution in [1.82, 2.24) is 9.80 Å². The van der Waals surface area contributed by atoms with Gasteiger partial charge in [0.2, 0.25) is 0 Å². The molecular formula is C28H38N2O5. The third-order valence-corrected chi connectivity index (χ3v) is 7.05. The van der Waals surface area contributed by atoms with Gasteiger partial charge >= 0.3 is 11.9 Å². The van der Waals surface area contributed by atoms with E-state index >= 15 is 0 Å². The van der Waals surface area contributed by atoms with Gasteiger partial charge in [0, 0.05) is 10.8 Å². The van der Waals surface area contributed by atoms with Crippen LogP contribution in [0.1, 0.15) is 72.4 Å². The Morgan fingerprint density at radius 3 is 1.86 bits per heavy atom. The highest BCUT2D eigenvalue weighted by molar-refractivity contribution is 6.10. The monoisotopic (exact) mass is 482 g/mol. The van der Waals surface area contributed by atoms with E-state index in [2.05, 4.69) is 37.5 Å². The van der Waals surface area contributed by atoms with Crippen molar-refractivity contribution in [3.8, 4) is 0 Å². The largest absolute Gasteiger partial charge is 0.478 e. The number of aryl methyl sites for hydroxylation is 1. The summed E-state index contributed by atoms with van der Waals surface area (Å²) in [4.78, 5) is 28.5. The maximum Gasteiger partial charge on any atom is 0.336 e. The number of aromatic carboxylic acids is 2. The molecule has 0 saturated heterocycles. The van der Waals surface area contributed by atoms with Crippen molar-refractivity contribution < 1.29 is 24.2 Å². The summed E-state index contributed by atoms with van der Waals surface area (Å²) >= 11 is 0. The molecule has 1 aromatic heterocycles. The van der Waals surface area contributed by atoms with Gasteiger partial charge in [-0.1, -0.05) is 27.7 Å². The summed E-state index contributed by atoms with van der Waals surface area (Å²) < 4.78 is 6.03. The number of carboxylic acids is 2. The van der Waals surface area contributed by atoms with Crippen LogP contribution in [-0.4, -0.2) is 71.2 Å². The number of furan rings is 1. The fourth-order valence-electron chi connectivity index (χ4n) is 4.98. The van der Waals surface area contributed by atoms with Gasteiger partial charge in [0.15, 0.2) is 0 Å². The summed E-state index contributed by atoms with van der Waals surface area (Å²) in [5, 5.41) is 21.3. The molecule has 0 spiro atoms. The molecule has 7 nitrogen and oxygen atoms in total. The van der Waals surface area contributed by atoms with Crippen molar-refractivity contribution in [3.05, 3.63) is 46.5 Å². The Hall–Kier alpha value is -2.90. The van der Waals surface area contributed by atoms with Gasteiger partial charge in [-0.05, 0) is 100 Å². The summed E-state index contributed by atoms with van der Waals surface area (Å²) in [6, 6.07) is 6.53. The lowest BCUT2D eigenvalue weighted by molar-refractivity contribution is 0.0685. The van der Waals surface area contributed by atoms with Crippen LogP contribution in [0.25, 0.3) is 21.9 Å². The fraction of sp³-hybridized carbons (Fsp3) is 0.500. The third-order valence-electron chi connectivity index (χ3n) is 7.05. The number of benzene rings is 2. The van der Waals surface area contributed by atoms with E-state index in [9.17, 15) is 19.8 Å². The molecule has 0 saturated carbocycles. The van der Waals surface area contributed by atoms with Crippen LogP contribution in [0.2, 0.25) is 0 Å². The molecule has 3 aromatic rings. The van der Waals surface area contributed by atoms with E-state index in [-0.39, 0.29) is 11.1 Å². The maximum absolute atomic E-state index is 12.3. The lowest BCUT2D eigenvalue weighted by atomic mass is 9.90. The average molecular weight is 483 g/mol. The minimum atomic E-state index is -1.02. The van der Waals surface area contributed by atoms with E-state index in [0.29, 0.717) is 17.6 Å². The lowest BCUT2D eigenvalue weighted by Gasteiger charge is -2.21. The molecule has 35 heavy (non-hydrogen) atoms. The van der Waals surface area contributed by atoms with Gasteiger partial charge in [-0.15, -0.1) is 0 Å². The van der Waals surface area contributed by atoms with Gasteiger partial charge in [0.05, 0.1) is 11.1 Å². The molecule has 0 aliphatic heterocycles. The smallest absolute Gasteiger partial charge is 0.336 e. The number of rotatable bonds is 14. The zero-order chi connectivity index (χ0) is 25.5. The highest BCUT2D eigenvalue weighted by atomic mass is 16.4. The zero-order valence-electron chi connectivity index (χ0n) is 21.4. The number of fused-ring (bicyclic) bond motifs is 3. The quantitative estimate of drug-likeness (QED) is 0.312. The van der Waals surface area contributed by atoms with E-state index in [1.54, 1.807) is 18.2 Å². The molecule has 7 heteroatoms. The molecule has 0 fully saturated rings. The first-order valence-corrected chi connectivity index (χ1v) is 12.8. The summed E-state index contributed by atoms with van der Waals surface area (Å²) in [5.74, 6) is -1.98. The van der Waals surface area contributed by atoms with E-state index in [1.165, 1.54) is 6.07 Å². The predicted octanol–water partition coefficient (Wildman–Crippen LogP) is 5.53. The van der Waals surface area contributed by atoms with Crippen LogP contribution in [0.4, 0.5) is 0 Å². The second kappa shape index (κ2) is 12.2. The lowest BCUT2D eigenvalue weighted by Crippen LogP contribution is -2.25. The van der Waals surface area contributed by atoms with Crippen LogP contribution in [-0.2, 0) is 12.8 Å². The van der Waals surface area contributed by atoms with E-state index in [1.807, 2.05) is 0 Å². The number of carboxylic acid groups (broad SMARTS) is 2. The summed E-state index contributed by atoms with van der Waals surface area (Å²) in [6.45, 7) is 14.3. The third kappa shape index (κ3) is 6.03. The summed E-state index contributed by atoms with van der Waals surface area (Å²) in [6.07, 6.45) is 3.19. The normalized spacial score (nSPS) is 11.8. The Bertz CT molecular complexity index is 1180. The van der Waals surface area contributed by atoms with Crippen LogP contribution >= 0.6 is 0 Å². The van der Waals surface area contributed by atoms with Gasteiger partial charge in [-0.25, -0.2) is 9.59 Å². The summed E-state index contributed by atoms with van der Waals surface area (Å²) in [7, 11) is 0. The van der Waals surface area contributed by atoms with Crippen molar-refractivity contribution in [1.29, 1.82) is 0 Å². The molecule has 2 N–H and O–H groups in total. The highest BCUT2D eigenvalue weighted by Gasteiger charge is 2.22. The Morgan fingerprint density at radius 2 is 1.34 bits per heavy atom. The summed E-state index contributed by atoms with van der Waals surface area (Å²) in [5.41, 5.74) is 3.31. The second-order valence-electron chi connectivity index (χ2n) is 8.94. The van der Waals surface area contributed by atoms with E-state index in [4.69, 9.17) is 4.42 Å². The molecule has 190 valence electrons. The van der Waals surface area contributed by atoms with E-state index < -0.39 is 11.9 Å². The Kier molecular flexibility index (Phi) is 9.29. The number of nitrogens with zero attached hydrogens (tertiary/aromatic N) is 2. The first-order valence-electron chi connectivity index (χ1n) is 12.8. The number of carbonyl (C=O) groups is 2. The number of hydrogen-bond acceptors (Lipinski definition) is 5. The standard InChI is InChI=1S/C28H38N2O5/c1-5-29(6-2)15-9-11-20-21(12-10-16-30(7-3)8-4)26-22-14-13-19(27(31)32)17-24(22)35-25(26)18-23(20)28(33)34/h13-14,17-18H,5-12,15-16H2,1-4H3,(H,31,32)(H,33,34). The van der Waals surface area contributed by atoms with Gasteiger partial charge in [-0.2, -0.15) is 0 Å². The van der Waals surface area contributed by atoms with Crippen LogP contribution in [0.3, 0.4) is 0 Å². The molecule has 3 rings (SSSR count). The van der Waals surface area contributed by atoms with Crippen molar-refractivity contribution in [3.63, 3.8) is 0 Å². The Labute approximate surface area is 207 Å². The minimum absolute atomic E-state index is 0.151. The molecule has 0 unspecified atom stereocenters. The predicted molar refractivity (Wildman–Crippen MR) is 140 cm³/mol. The Balaban J connectivity index is 2.13. The first-order chi connectivity index (χ1) is 16.8. The average Bonchev–Trinajstić information content (AvgIpc) is 3.22. The second-order valence-corrected chi connectivity index (χ2v) is 8.94. The molecule has 0 amide bonds. The molecule has 0 atom stereocenters. The van der Waals surface area contributed by atoms with E-state index in [0.717, 1.165) is 80.4 Å². The van der Waals surface area contributed by atoms with Gasteiger partial charge < -0.3 is 24.4 Å². The minimum Gasteiger partial charge on any atom is -0.478 e. The van der Waals surface area contributed by atoms with Gasteiger partial charge in [0.25, 0.3) is 0 Å². The fourth-order valence-corrected chi connectivity index (χ4v) is 4.98. The highest BCUT2D eigenvalue weighted by Crippen LogP contribution is 2.37. The van der Waals surface area contributed by atoms with Crippen molar-refractivity contribution in [2.45, 2.75) is 53.4 Å². The Morgan fingerprint density at radius 1 is 0.771 bits per heavy atom. The van der Waals surface area contributed by atoms with Crippen molar-refractivity contribution in [2.24, 2.45) is 0 Å². The first kappa shape index (κ1) is 26.7. The maximum atomic E-state index is 12.3. The van der Waals surface area contributed by atoms with Crippen molar-refractivity contribution >= 4 is 33.9 Å². The SMILES string of the molecule is CCN(CC)CCCc1c(C(=O)O)cc2oc3cc(C(=O)O)ccc3c2c1CCCN(CC)CC. The van der Waals surface area contributed by atoms with Crippen LogP contribution < -0.4 is 0 Å². The van der Waals surface area contributed by atoms with Crippen LogP contribution in [0.15, 0.2) is 28.7 Å². The molecule has 0 aliphatic rings. The topological polar surface area (TPSA) is 94.2 Å². The van der Waals surface area contributed by atoms with Gasteiger partial charge in [-0.3, -0.25) is 0 Å². The van der Waals surface area contributed by atoms with Crippen molar-refractivity contribution in [2.75, 3.05) is 39.3 Å². The van der Waals surface area contributed by atoms with Crippen LogP contribution in [0, 0.1) is 0 Å². The molecule has 0 aliphatic carbocycles. The number of hydrogen-bond donors (Lipinski definition) is 2. The molecular weight excluding hydrogens is 444 g/mol. The van der Waals surface area contributed by atoms with Crippen LogP contribution in [0.5, 0.6) is 0 Å². The molecule has 0 bridgehead atoms. The molecule has 1 heterocycles. The molecule has 0 radical (unpaired) electrons. The van der Waals surface area contributed by atoms with Gasteiger partial charge in [0.1, 0.15) is 11.2 Å². The molecule has 2 aromatic carbocycles.